The molecule has 32 heavy (non-hydrogen) atoms. The number of hydrogen-bond acceptors (Lipinski definition) is 2. The molecule has 7 heteroatoms. The van der Waals surface area contributed by atoms with Crippen molar-refractivity contribution in [3.05, 3.63) is 89.2 Å². The van der Waals surface area contributed by atoms with Gasteiger partial charge in [0, 0.05) is 0 Å². The Morgan fingerprint density at radius 2 is 1.59 bits per heavy atom. The molecule has 1 aromatic heterocycles. The monoisotopic (exact) mass is 458 g/mol. The first kappa shape index (κ1) is 23.6. The number of imidazole rings is 1. The molecule has 1 heterocycles. The number of rotatable bonds is 4. The maximum Gasteiger partial charge on any atom is 0.416 e. The molecule has 0 bridgehead atoms. The van der Waals surface area contributed by atoms with Gasteiger partial charge >= 0.3 is 6.18 Å². The summed E-state index contributed by atoms with van der Waals surface area (Å²) in [5.74, 6) is 0.600. The summed E-state index contributed by atoms with van der Waals surface area (Å²) in [5.41, 5.74) is 3.32. The first-order chi connectivity index (χ1) is 14.6. The van der Waals surface area contributed by atoms with Crippen LogP contribution < -0.4 is 0 Å². The van der Waals surface area contributed by atoms with E-state index < -0.39 is 17.3 Å². The molecule has 0 amide bonds. The van der Waals surface area contributed by atoms with Crippen molar-refractivity contribution in [1.29, 1.82) is 0 Å². The summed E-state index contributed by atoms with van der Waals surface area (Å²) in [6.45, 7) is 3.51. The molecule has 0 aliphatic carbocycles. The van der Waals surface area contributed by atoms with E-state index in [9.17, 15) is 18.3 Å². The molecule has 0 spiro atoms. The zero-order valence-corrected chi connectivity index (χ0v) is 18.3. The fourth-order valence-corrected chi connectivity index (χ4v) is 3.50. The van der Waals surface area contributed by atoms with Crippen LogP contribution >= 0.6 is 12.4 Å². The highest BCUT2D eigenvalue weighted by atomic mass is 35.5. The van der Waals surface area contributed by atoms with E-state index in [1.165, 1.54) is 12.1 Å². The van der Waals surface area contributed by atoms with Crippen LogP contribution in [0.4, 0.5) is 13.2 Å². The van der Waals surface area contributed by atoms with Gasteiger partial charge in [0.05, 0.1) is 22.2 Å². The largest absolute Gasteiger partial charge is 0.416 e. The van der Waals surface area contributed by atoms with E-state index in [1.54, 1.807) is 26.0 Å². The summed E-state index contributed by atoms with van der Waals surface area (Å²) in [7, 11) is 0. The summed E-state index contributed by atoms with van der Waals surface area (Å²) < 4.78 is 38.1. The maximum atomic E-state index is 12.7. The quantitative estimate of drug-likeness (QED) is 0.343. The highest BCUT2D eigenvalue weighted by Gasteiger charge is 2.29. The molecule has 0 unspecified atom stereocenters. The van der Waals surface area contributed by atoms with Crippen LogP contribution in [-0.2, 0) is 11.8 Å². The van der Waals surface area contributed by atoms with Crippen LogP contribution in [0.5, 0.6) is 0 Å². The molecule has 0 aliphatic heterocycles. The highest BCUT2D eigenvalue weighted by Crippen LogP contribution is 2.33. The van der Waals surface area contributed by atoms with Crippen LogP contribution in [-0.4, -0.2) is 15.1 Å². The maximum absolute atomic E-state index is 12.7. The van der Waals surface area contributed by atoms with Gasteiger partial charge in [0.25, 0.3) is 0 Å². The number of aromatic amines is 1. The van der Waals surface area contributed by atoms with E-state index in [0.29, 0.717) is 11.4 Å². The Morgan fingerprint density at radius 1 is 0.906 bits per heavy atom. The lowest BCUT2D eigenvalue weighted by Gasteiger charge is -2.21. The molecule has 2 N–H and O–H groups in total. The van der Waals surface area contributed by atoms with Crippen molar-refractivity contribution < 1.29 is 18.3 Å². The number of halogens is 4. The molecular weight excluding hydrogens is 437 g/mol. The molecular formula is C25H22ClF3N2O. The fraction of sp³-hybridized carbons (Fsp3) is 0.160. The number of H-pyrrole nitrogens is 1. The van der Waals surface area contributed by atoms with Crippen LogP contribution in [0.1, 0.15) is 36.4 Å². The molecule has 0 saturated carbocycles. The topological polar surface area (TPSA) is 48.9 Å². The number of alkyl halides is 3. The van der Waals surface area contributed by atoms with Crippen molar-refractivity contribution >= 4 is 35.6 Å². The lowest BCUT2D eigenvalue weighted by atomic mass is 9.89. The van der Waals surface area contributed by atoms with Crippen molar-refractivity contribution in [3.8, 4) is 11.1 Å². The SMILES string of the molecule is CC(C)(O)c1ccccc1-c1ccc2nc(/C=C/c3ccc(C(F)(F)F)cc3)[nH]c2c1.Cl. The minimum Gasteiger partial charge on any atom is -0.386 e. The van der Waals surface area contributed by atoms with Crippen molar-refractivity contribution in [3.63, 3.8) is 0 Å². The lowest BCUT2D eigenvalue weighted by molar-refractivity contribution is -0.137. The third kappa shape index (κ3) is 5.03. The summed E-state index contributed by atoms with van der Waals surface area (Å²) in [6, 6.07) is 18.5. The lowest BCUT2D eigenvalue weighted by Crippen LogP contribution is -2.16. The van der Waals surface area contributed by atoms with Crippen LogP contribution in [0.3, 0.4) is 0 Å². The zero-order chi connectivity index (χ0) is 22.2. The molecule has 4 aromatic rings. The van der Waals surface area contributed by atoms with Gasteiger partial charge in [-0.05, 0) is 66.4 Å². The third-order valence-corrected chi connectivity index (χ3v) is 5.07. The average Bonchev–Trinajstić information content (AvgIpc) is 3.13. The number of hydrogen-bond donors (Lipinski definition) is 2. The Hall–Kier alpha value is -3.09. The molecule has 0 aliphatic rings. The van der Waals surface area contributed by atoms with Crippen LogP contribution in [0.2, 0.25) is 0 Å². The standard InChI is InChI=1S/C25H21F3N2O.ClH/c1-24(2,31)20-6-4-3-5-19(20)17-10-13-21-22(15-17)30-23(29-21)14-9-16-7-11-18(12-8-16)25(26,27)28;/h3-15,31H,1-2H3,(H,29,30);1H/b14-9+;. The van der Waals surface area contributed by atoms with E-state index in [1.807, 2.05) is 42.5 Å². The van der Waals surface area contributed by atoms with Crippen LogP contribution in [0.15, 0.2) is 66.7 Å². The molecule has 3 nitrogen and oxygen atoms in total. The van der Waals surface area contributed by atoms with Crippen molar-refractivity contribution in [2.24, 2.45) is 0 Å². The fourth-order valence-electron chi connectivity index (χ4n) is 3.50. The van der Waals surface area contributed by atoms with Gasteiger partial charge in [0.1, 0.15) is 5.82 Å². The Balaban J connectivity index is 0.00000289. The van der Waals surface area contributed by atoms with E-state index >= 15 is 0 Å². The summed E-state index contributed by atoms with van der Waals surface area (Å²) in [4.78, 5) is 7.75. The van der Waals surface area contributed by atoms with Gasteiger partial charge in [-0.2, -0.15) is 13.2 Å². The normalized spacial score (nSPS) is 12.3. The van der Waals surface area contributed by atoms with E-state index in [2.05, 4.69) is 9.97 Å². The van der Waals surface area contributed by atoms with E-state index in [-0.39, 0.29) is 12.4 Å². The molecule has 0 saturated heterocycles. The second-order valence-electron chi connectivity index (χ2n) is 7.91. The Bertz CT molecular complexity index is 1250. The zero-order valence-electron chi connectivity index (χ0n) is 17.4. The number of benzene rings is 3. The number of nitrogens with zero attached hydrogens (tertiary/aromatic N) is 1. The average molecular weight is 459 g/mol. The highest BCUT2D eigenvalue weighted by molar-refractivity contribution is 5.85. The first-order valence-corrected chi connectivity index (χ1v) is 9.79. The van der Waals surface area contributed by atoms with Gasteiger partial charge < -0.3 is 10.1 Å². The minimum absolute atomic E-state index is 0. The Kier molecular flexibility index (Phi) is 6.49. The predicted molar refractivity (Wildman–Crippen MR) is 124 cm³/mol. The summed E-state index contributed by atoms with van der Waals surface area (Å²) >= 11 is 0. The van der Waals surface area contributed by atoms with Gasteiger partial charge in [-0.25, -0.2) is 4.98 Å². The van der Waals surface area contributed by atoms with Crippen molar-refractivity contribution in [1.82, 2.24) is 9.97 Å². The number of fused-ring (bicyclic) bond motifs is 1. The van der Waals surface area contributed by atoms with Crippen LogP contribution in [0.25, 0.3) is 34.3 Å². The van der Waals surface area contributed by atoms with Gasteiger partial charge in [0.15, 0.2) is 0 Å². The summed E-state index contributed by atoms with van der Waals surface area (Å²) in [5, 5.41) is 10.5. The van der Waals surface area contributed by atoms with E-state index in [0.717, 1.165) is 39.9 Å². The molecule has 4 rings (SSSR count). The molecule has 3 aromatic carbocycles. The second-order valence-corrected chi connectivity index (χ2v) is 7.91. The van der Waals surface area contributed by atoms with Crippen molar-refractivity contribution in [2.75, 3.05) is 0 Å². The van der Waals surface area contributed by atoms with E-state index in [4.69, 9.17) is 0 Å². The van der Waals surface area contributed by atoms with Gasteiger partial charge in [-0.15, -0.1) is 12.4 Å². The number of nitrogens with one attached hydrogen (secondary N) is 1. The van der Waals surface area contributed by atoms with Gasteiger partial charge in [-0.3, -0.25) is 0 Å². The molecule has 0 radical (unpaired) electrons. The minimum atomic E-state index is -4.34. The predicted octanol–water partition coefficient (Wildman–Crippen LogP) is 7.07. The number of aromatic nitrogens is 2. The smallest absolute Gasteiger partial charge is 0.386 e. The first-order valence-electron chi connectivity index (χ1n) is 9.79. The number of aliphatic hydroxyl groups is 1. The van der Waals surface area contributed by atoms with Gasteiger partial charge in [0.2, 0.25) is 0 Å². The molecule has 0 fully saturated rings. The molecule has 166 valence electrons. The second kappa shape index (κ2) is 8.81. The van der Waals surface area contributed by atoms with Gasteiger partial charge in [-0.1, -0.05) is 48.5 Å². The third-order valence-electron chi connectivity index (χ3n) is 5.07. The Labute approximate surface area is 190 Å². The molecule has 0 atom stereocenters. The van der Waals surface area contributed by atoms with Crippen molar-refractivity contribution in [2.45, 2.75) is 25.6 Å². The van der Waals surface area contributed by atoms with Crippen LogP contribution in [0, 0.1) is 0 Å². The summed E-state index contributed by atoms with van der Waals surface area (Å²) in [6.07, 6.45) is -0.905. The Morgan fingerprint density at radius 3 is 2.25 bits per heavy atom.